The molecule has 0 saturated carbocycles. The number of hydrogen-bond donors (Lipinski definition) is 2. The zero-order chi connectivity index (χ0) is 15.8. The van der Waals surface area contributed by atoms with E-state index in [9.17, 15) is 18.0 Å². The van der Waals surface area contributed by atoms with Gasteiger partial charge >= 0.3 is 5.97 Å². The smallest absolute Gasteiger partial charge is 0.345 e. The second-order valence-electron chi connectivity index (χ2n) is 4.38. The average molecular weight is 397 g/mol. The molecule has 0 aromatic carbocycles. The molecule has 0 aliphatic carbocycles. The molecule has 2 rings (SSSR count). The lowest BCUT2D eigenvalue weighted by atomic mass is 10.2. The lowest BCUT2D eigenvalue weighted by molar-refractivity contribution is -0.126. The second kappa shape index (κ2) is 6.03. The van der Waals surface area contributed by atoms with Crippen LogP contribution < -0.4 is 5.32 Å². The molecule has 21 heavy (non-hydrogen) atoms. The highest BCUT2D eigenvalue weighted by Crippen LogP contribution is 2.34. The van der Waals surface area contributed by atoms with Crippen LogP contribution in [0.15, 0.2) is 14.7 Å². The standard InChI is InChI=1S/C11H13BrN2O5S2/c1-2-6-10(15)13-3-4-14(6)21(18,19)8-5-7(11(16)17)20-9(8)12/h5-6H,2-4H2,1H3,(H,13,15)(H,16,17). The van der Waals surface area contributed by atoms with Gasteiger partial charge in [0.25, 0.3) is 0 Å². The van der Waals surface area contributed by atoms with Crippen LogP contribution in [0.25, 0.3) is 0 Å². The maximum Gasteiger partial charge on any atom is 0.345 e. The van der Waals surface area contributed by atoms with E-state index in [1.807, 2.05) is 0 Å². The summed E-state index contributed by atoms with van der Waals surface area (Å²) in [7, 11) is -3.93. The van der Waals surface area contributed by atoms with E-state index in [-0.39, 0.29) is 32.6 Å². The van der Waals surface area contributed by atoms with Gasteiger partial charge in [-0.05, 0) is 28.4 Å². The minimum atomic E-state index is -3.93. The van der Waals surface area contributed by atoms with Gasteiger partial charge in [-0.1, -0.05) is 6.92 Å². The van der Waals surface area contributed by atoms with Crippen molar-refractivity contribution in [3.63, 3.8) is 0 Å². The number of hydrogen-bond acceptors (Lipinski definition) is 5. The molecular weight excluding hydrogens is 384 g/mol. The van der Waals surface area contributed by atoms with Gasteiger partial charge in [-0.25, -0.2) is 13.2 Å². The third kappa shape index (κ3) is 2.98. The van der Waals surface area contributed by atoms with E-state index in [2.05, 4.69) is 21.2 Å². The minimum absolute atomic E-state index is 0.0741. The van der Waals surface area contributed by atoms with Crippen LogP contribution in [0.3, 0.4) is 0 Å². The van der Waals surface area contributed by atoms with E-state index in [0.29, 0.717) is 6.42 Å². The summed E-state index contributed by atoms with van der Waals surface area (Å²) in [4.78, 5) is 22.6. The number of carbonyl (C=O) groups is 2. The largest absolute Gasteiger partial charge is 0.477 e. The van der Waals surface area contributed by atoms with Crippen molar-refractivity contribution in [1.29, 1.82) is 0 Å². The highest BCUT2D eigenvalue weighted by Gasteiger charge is 2.39. The van der Waals surface area contributed by atoms with Crippen molar-refractivity contribution in [2.24, 2.45) is 0 Å². The number of sulfonamides is 1. The van der Waals surface area contributed by atoms with Crippen LogP contribution in [-0.2, 0) is 14.8 Å². The quantitative estimate of drug-likeness (QED) is 0.792. The van der Waals surface area contributed by atoms with Gasteiger partial charge < -0.3 is 10.4 Å². The molecule has 0 spiro atoms. The van der Waals surface area contributed by atoms with Crippen LogP contribution in [0.1, 0.15) is 23.0 Å². The minimum Gasteiger partial charge on any atom is -0.477 e. The van der Waals surface area contributed by atoms with Crippen LogP contribution in [-0.4, -0.2) is 48.8 Å². The first-order valence-corrected chi connectivity index (χ1v) is 9.16. The van der Waals surface area contributed by atoms with Crippen molar-refractivity contribution < 1.29 is 23.1 Å². The summed E-state index contributed by atoms with van der Waals surface area (Å²) in [6, 6.07) is 0.342. The molecular formula is C11H13BrN2O5S2. The zero-order valence-corrected chi connectivity index (χ0v) is 14.2. The van der Waals surface area contributed by atoms with E-state index in [1.54, 1.807) is 6.92 Å². The highest BCUT2D eigenvalue weighted by atomic mass is 79.9. The molecule has 7 nitrogen and oxygen atoms in total. The maximum absolute atomic E-state index is 12.7. The second-order valence-corrected chi connectivity index (χ2v) is 8.61. The summed E-state index contributed by atoms with van der Waals surface area (Å²) >= 11 is 3.93. The molecule has 1 unspecified atom stereocenters. The summed E-state index contributed by atoms with van der Waals surface area (Å²) in [5.74, 6) is -1.53. The van der Waals surface area contributed by atoms with Crippen molar-refractivity contribution in [1.82, 2.24) is 9.62 Å². The first kappa shape index (κ1) is 16.4. The molecule has 1 saturated heterocycles. The predicted molar refractivity (Wildman–Crippen MR) is 80.0 cm³/mol. The van der Waals surface area contributed by atoms with Crippen molar-refractivity contribution in [2.45, 2.75) is 24.3 Å². The molecule has 1 aromatic rings. The first-order valence-electron chi connectivity index (χ1n) is 6.11. The number of carboxylic acids is 1. The Labute approximate surface area is 134 Å². The molecule has 1 aliphatic heterocycles. The Morgan fingerprint density at radius 2 is 2.29 bits per heavy atom. The molecule has 1 aromatic heterocycles. The number of piperazine rings is 1. The summed E-state index contributed by atoms with van der Waals surface area (Å²) in [5, 5.41) is 11.6. The van der Waals surface area contributed by atoms with Crippen molar-refractivity contribution in [3.8, 4) is 0 Å². The summed E-state index contributed by atoms with van der Waals surface area (Å²) in [6.45, 7) is 2.13. The normalized spacial score (nSPS) is 20.3. The number of carboxylic acid groups (broad SMARTS) is 1. The Hall–Kier alpha value is -0.970. The molecule has 1 fully saturated rings. The van der Waals surface area contributed by atoms with Gasteiger partial charge in [-0.3, -0.25) is 4.79 Å². The van der Waals surface area contributed by atoms with Crippen LogP contribution in [0.5, 0.6) is 0 Å². The predicted octanol–water partition coefficient (Wildman–Crippen LogP) is 1.11. The molecule has 2 N–H and O–H groups in total. The van der Waals surface area contributed by atoms with Gasteiger partial charge in [-0.2, -0.15) is 4.31 Å². The number of halogens is 1. The fraction of sp³-hybridized carbons (Fsp3) is 0.455. The molecule has 0 radical (unpaired) electrons. The molecule has 1 aliphatic rings. The fourth-order valence-corrected chi connectivity index (χ4v) is 6.15. The van der Waals surface area contributed by atoms with Gasteiger partial charge in [0.05, 0.1) is 3.79 Å². The van der Waals surface area contributed by atoms with Gasteiger partial charge in [0.2, 0.25) is 15.9 Å². The topological polar surface area (TPSA) is 104 Å². The Morgan fingerprint density at radius 3 is 2.81 bits per heavy atom. The van der Waals surface area contributed by atoms with Gasteiger partial charge in [-0.15, -0.1) is 11.3 Å². The Morgan fingerprint density at radius 1 is 1.62 bits per heavy atom. The Kier molecular flexibility index (Phi) is 4.71. The van der Waals surface area contributed by atoms with E-state index in [4.69, 9.17) is 5.11 Å². The van der Waals surface area contributed by atoms with Crippen LogP contribution >= 0.6 is 27.3 Å². The van der Waals surface area contributed by atoms with E-state index < -0.39 is 22.0 Å². The lowest BCUT2D eigenvalue weighted by Gasteiger charge is -2.33. The zero-order valence-electron chi connectivity index (χ0n) is 11.0. The third-order valence-corrected chi connectivity index (χ3v) is 7.27. The van der Waals surface area contributed by atoms with Gasteiger partial charge in [0.1, 0.15) is 15.8 Å². The molecule has 1 atom stereocenters. The molecule has 10 heteroatoms. The molecule has 116 valence electrons. The van der Waals surface area contributed by atoms with Crippen LogP contribution in [0.2, 0.25) is 0 Å². The summed E-state index contributed by atoms with van der Waals surface area (Å²) in [5.41, 5.74) is 0. The fourth-order valence-electron chi connectivity index (χ4n) is 2.13. The number of aromatic carboxylic acids is 1. The average Bonchev–Trinajstić information content (AvgIpc) is 2.81. The number of thiophene rings is 1. The van der Waals surface area contributed by atoms with Crippen molar-refractivity contribution in [3.05, 3.63) is 14.7 Å². The van der Waals surface area contributed by atoms with Gasteiger partial charge in [0.15, 0.2) is 0 Å². The van der Waals surface area contributed by atoms with E-state index in [1.165, 1.54) is 0 Å². The van der Waals surface area contributed by atoms with Crippen molar-refractivity contribution >= 4 is 49.2 Å². The third-order valence-electron chi connectivity index (χ3n) is 3.12. The maximum atomic E-state index is 12.7. The lowest BCUT2D eigenvalue weighted by Crippen LogP contribution is -2.56. The Balaban J connectivity index is 2.46. The highest BCUT2D eigenvalue weighted by molar-refractivity contribution is 9.11. The number of nitrogens with one attached hydrogen (secondary N) is 1. The monoisotopic (exact) mass is 396 g/mol. The molecule has 1 amide bonds. The SMILES string of the molecule is CCC1C(=O)NCCN1S(=O)(=O)c1cc(C(=O)O)sc1Br. The number of amides is 1. The Bertz CT molecular complexity index is 685. The molecule has 0 bridgehead atoms. The molecule has 2 heterocycles. The van der Waals surface area contributed by atoms with Crippen LogP contribution in [0, 0.1) is 0 Å². The first-order chi connectivity index (χ1) is 9.78. The van der Waals surface area contributed by atoms with E-state index in [0.717, 1.165) is 21.7 Å². The number of nitrogens with zero attached hydrogens (tertiary/aromatic N) is 1. The van der Waals surface area contributed by atoms with Crippen LogP contribution in [0.4, 0.5) is 0 Å². The van der Waals surface area contributed by atoms with Crippen molar-refractivity contribution in [2.75, 3.05) is 13.1 Å². The van der Waals surface area contributed by atoms with Gasteiger partial charge in [0, 0.05) is 13.1 Å². The number of rotatable bonds is 4. The summed E-state index contributed by atoms with van der Waals surface area (Å²) < 4.78 is 26.7. The number of carbonyl (C=O) groups excluding carboxylic acids is 1. The summed E-state index contributed by atoms with van der Waals surface area (Å²) in [6.07, 6.45) is 0.346. The van der Waals surface area contributed by atoms with E-state index >= 15 is 0 Å².